The first-order chi connectivity index (χ1) is 15.8. The summed E-state index contributed by atoms with van der Waals surface area (Å²) < 4.78 is 51.2. The van der Waals surface area contributed by atoms with Gasteiger partial charge in [0.15, 0.2) is 5.69 Å². The molecule has 9 heteroatoms. The number of carbonyl (C=O) groups is 1. The van der Waals surface area contributed by atoms with E-state index in [0.717, 1.165) is 18.2 Å². The van der Waals surface area contributed by atoms with Crippen LogP contribution < -0.4 is 4.74 Å². The number of carbonyl (C=O) groups excluding carboxylic acids is 1. The Labute approximate surface area is 186 Å². The Morgan fingerprint density at radius 2 is 1.76 bits per heavy atom. The van der Waals surface area contributed by atoms with E-state index in [0.29, 0.717) is 22.3 Å². The number of esters is 1. The van der Waals surface area contributed by atoms with E-state index >= 15 is 0 Å². The van der Waals surface area contributed by atoms with Gasteiger partial charge in [-0.3, -0.25) is 0 Å². The Morgan fingerprint density at radius 1 is 1.06 bits per heavy atom. The molecule has 1 heterocycles. The van der Waals surface area contributed by atoms with Crippen molar-refractivity contribution in [2.24, 2.45) is 0 Å². The number of aromatic nitrogens is 2. The van der Waals surface area contributed by atoms with Gasteiger partial charge in [0.05, 0.1) is 35.0 Å². The van der Waals surface area contributed by atoms with E-state index < -0.39 is 23.3 Å². The SMILES string of the molecule is CCOC(=O)c1nn(-c2ccc(Oc3ccc(C(F)(F)F)c(C#N)c3)cc2)c2ccccc12. The van der Waals surface area contributed by atoms with Crippen LogP contribution in [0.5, 0.6) is 11.5 Å². The molecule has 0 saturated heterocycles. The number of rotatable bonds is 5. The number of alkyl halides is 3. The Morgan fingerprint density at radius 3 is 2.42 bits per heavy atom. The van der Waals surface area contributed by atoms with Crippen molar-refractivity contribution in [3.63, 3.8) is 0 Å². The van der Waals surface area contributed by atoms with Crippen LogP contribution in [0, 0.1) is 11.3 Å². The number of para-hydroxylation sites is 1. The molecule has 33 heavy (non-hydrogen) atoms. The predicted octanol–water partition coefficient (Wildman–Crippen LogP) is 5.88. The van der Waals surface area contributed by atoms with E-state index in [2.05, 4.69) is 5.10 Å². The van der Waals surface area contributed by atoms with E-state index in [1.807, 2.05) is 12.1 Å². The molecule has 4 aromatic rings. The summed E-state index contributed by atoms with van der Waals surface area (Å²) >= 11 is 0. The van der Waals surface area contributed by atoms with Gasteiger partial charge < -0.3 is 9.47 Å². The Balaban J connectivity index is 1.63. The first-order valence-corrected chi connectivity index (χ1v) is 9.86. The average molecular weight is 451 g/mol. The molecule has 0 aliphatic heterocycles. The van der Waals surface area contributed by atoms with E-state index in [9.17, 15) is 18.0 Å². The van der Waals surface area contributed by atoms with Crippen LogP contribution in [0.25, 0.3) is 16.6 Å². The van der Waals surface area contributed by atoms with Crippen LogP contribution in [0.1, 0.15) is 28.5 Å². The molecule has 0 aliphatic rings. The first-order valence-electron chi connectivity index (χ1n) is 9.86. The normalized spacial score (nSPS) is 11.2. The number of hydrogen-bond donors (Lipinski definition) is 0. The van der Waals surface area contributed by atoms with Crippen molar-refractivity contribution < 1.29 is 27.4 Å². The second-order valence-electron chi connectivity index (χ2n) is 6.91. The first kappa shape index (κ1) is 21.9. The maximum Gasteiger partial charge on any atom is 0.417 e. The summed E-state index contributed by atoms with van der Waals surface area (Å²) in [4.78, 5) is 12.3. The molecule has 0 aliphatic carbocycles. The number of nitriles is 1. The largest absolute Gasteiger partial charge is 0.461 e. The zero-order valence-corrected chi connectivity index (χ0v) is 17.3. The summed E-state index contributed by atoms with van der Waals surface area (Å²) in [5.74, 6) is -0.0751. The van der Waals surface area contributed by atoms with Crippen molar-refractivity contribution in [3.05, 3.63) is 83.6 Å². The number of hydrogen-bond acceptors (Lipinski definition) is 5. The molecule has 0 amide bonds. The monoisotopic (exact) mass is 451 g/mol. The summed E-state index contributed by atoms with van der Waals surface area (Å²) in [5, 5.41) is 14.1. The fourth-order valence-corrected chi connectivity index (χ4v) is 3.33. The standard InChI is InChI=1S/C24H16F3N3O3/c1-2-32-23(31)22-19-5-3-4-6-21(19)30(29-22)16-7-9-17(10-8-16)33-18-11-12-20(24(25,26)27)15(13-18)14-28/h3-13H,2H2,1H3. The van der Waals surface area contributed by atoms with Gasteiger partial charge in [-0.2, -0.15) is 23.5 Å². The number of fused-ring (bicyclic) bond motifs is 1. The third-order valence-electron chi connectivity index (χ3n) is 4.79. The lowest BCUT2D eigenvalue weighted by atomic mass is 10.1. The van der Waals surface area contributed by atoms with Crippen molar-refractivity contribution in [2.45, 2.75) is 13.1 Å². The Hall–Kier alpha value is -4.32. The van der Waals surface area contributed by atoms with Gasteiger partial charge in [0, 0.05) is 5.39 Å². The maximum atomic E-state index is 13.0. The van der Waals surface area contributed by atoms with E-state index in [-0.39, 0.29) is 18.1 Å². The van der Waals surface area contributed by atoms with Gasteiger partial charge in [-0.15, -0.1) is 0 Å². The molecule has 166 valence electrons. The fraction of sp³-hybridized carbons (Fsp3) is 0.125. The quantitative estimate of drug-likeness (QED) is 0.354. The second kappa shape index (κ2) is 8.67. The lowest BCUT2D eigenvalue weighted by Gasteiger charge is -2.11. The van der Waals surface area contributed by atoms with Gasteiger partial charge in [-0.05, 0) is 55.5 Å². The molecule has 1 aromatic heterocycles. The molecular weight excluding hydrogens is 435 g/mol. The topological polar surface area (TPSA) is 77.1 Å². The zero-order chi connectivity index (χ0) is 23.6. The molecule has 0 atom stereocenters. The van der Waals surface area contributed by atoms with Gasteiger partial charge >= 0.3 is 12.1 Å². The summed E-state index contributed by atoms with van der Waals surface area (Å²) in [5.41, 5.74) is -0.00166. The molecular formula is C24H16F3N3O3. The molecule has 6 nitrogen and oxygen atoms in total. The highest BCUT2D eigenvalue weighted by Gasteiger charge is 2.33. The number of benzene rings is 3. The third-order valence-corrected chi connectivity index (χ3v) is 4.79. The van der Waals surface area contributed by atoms with Crippen LogP contribution in [-0.4, -0.2) is 22.4 Å². The molecule has 3 aromatic carbocycles. The molecule has 0 saturated carbocycles. The van der Waals surface area contributed by atoms with Crippen LogP contribution in [0.3, 0.4) is 0 Å². The summed E-state index contributed by atoms with van der Waals surface area (Å²) in [6, 6.07) is 18.4. The van der Waals surface area contributed by atoms with Crippen LogP contribution >= 0.6 is 0 Å². The minimum absolute atomic E-state index is 0.0986. The maximum absolute atomic E-state index is 13.0. The van der Waals surface area contributed by atoms with Crippen molar-refractivity contribution in [2.75, 3.05) is 6.61 Å². The number of halogens is 3. The van der Waals surface area contributed by atoms with E-state index in [1.165, 1.54) is 0 Å². The van der Waals surface area contributed by atoms with Crippen molar-refractivity contribution in [3.8, 4) is 23.3 Å². The molecule has 0 spiro atoms. The average Bonchev–Trinajstić information content (AvgIpc) is 3.19. The fourth-order valence-electron chi connectivity index (χ4n) is 3.33. The van der Waals surface area contributed by atoms with Gasteiger partial charge in [-0.1, -0.05) is 18.2 Å². The minimum Gasteiger partial charge on any atom is -0.461 e. The van der Waals surface area contributed by atoms with Gasteiger partial charge in [0.1, 0.15) is 11.5 Å². The van der Waals surface area contributed by atoms with E-state index in [1.54, 1.807) is 54.1 Å². The van der Waals surface area contributed by atoms with Crippen molar-refractivity contribution >= 4 is 16.9 Å². The molecule has 0 radical (unpaired) electrons. The predicted molar refractivity (Wildman–Crippen MR) is 113 cm³/mol. The summed E-state index contributed by atoms with van der Waals surface area (Å²) in [6.07, 6.45) is -4.62. The van der Waals surface area contributed by atoms with Gasteiger partial charge in [0.2, 0.25) is 0 Å². The van der Waals surface area contributed by atoms with Crippen LogP contribution in [0.4, 0.5) is 13.2 Å². The van der Waals surface area contributed by atoms with E-state index in [4.69, 9.17) is 14.7 Å². The Bertz CT molecular complexity index is 1370. The minimum atomic E-state index is -4.62. The molecule has 0 N–H and O–H groups in total. The third kappa shape index (κ3) is 4.36. The van der Waals surface area contributed by atoms with Gasteiger partial charge in [-0.25, -0.2) is 9.48 Å². The highest BCUT2D eigenvalue weighted by molar-refractivity contribution is 6.02. The number of ether oxygens (including phenoxy) is 2. The van der Waals surface area contributed by atoms with Gasteiger partial charge in [0.25, 0.3) is 0 Å². The van der Waals surface area contributed by atoms with Crippen LogP contribution in [0.15, 0.2) is 66.7 Å². The lowest BCUT2D eigenvalue weighted by Crippen LogP contribution is -2.07. The molecule has 0 unspecified atom stereocenters. The lowest BCUT2D eigenvalue weighted by molar-refractivity contribution is -0.137. The summed E-state index contributed by atoms with van der Waals surface area (Å²) in [7, 11) is 0. The van der Waals surface area contributed by atoms with Crippen LogP contribution in [0.2, 0.25) is 0 Å². The highest BCUT2D eigenvalue weighted by Crippen LogP contribution is 2.34. The number of nitrogens with zero attached hydrogens (tertiary/aromatic N) is 3. The molecule has 0 bridgehead atoms. The smallest absolute Gasteiger partial charge is 0.417 e. The van der Waals surface area contributed by atoms with Crippen LogP contribution in [-0.2, 0) is 10.9 Å². The second-order valence-corrected chi connectivity index (χ2v) is 6.91. The van der Waals surface area contributed by atoms with Crippen molar-refractivity contribution in [1.82, 2.24) is 9.78 Å². The summed E-state index contributed by atoms with van der Waals surface area (Å²) in [6.45, 7) is 1.94. The van der Waals surface area contributed by atoms with Crippen molar-refractivity contribution in [1.29, 1.82) is 5.26 Å². The molecule has 4 rings (SSSR count). The highest BCUT2D eigenvalue weighted by atomic mass is 19.4. The molecule has 0 fully saturated rings. The Kier molecular flexibility index (Phi) is 5.75. The zero-order valence-electron chi connectivity index (χ0n) is 17.3.